The maximum atomic E-state index is 13.1. The molecule has 0 spiro atoms. The number of benzene rings is 2. The van der Waals surface area contributed by atoms with Gasteiger partial charge in [-0.2, -0.15) is 0 Å². The van der Waals surface area contributed by atoms with Crippen LogP contribution < -0.4 is 5.32 Å². The van der Waals surface area contributed by atoms with Gasteiger partial charge in [0.25, 0.3) is 5.91 Å². The Hall–Kier alpha value is -3.07. The molecule has 2 heterocycles. The second-order valence-corrected chi connectivity index (χ2v) is 9.96. The van der Waals surface area contributed by atoms with Crippen molar-refractivity contribution in [3.05, 3.63) is 76.4 Å². The van der Waals surface area contributed by atoms with E-state index in [1.54, 1.807) is 17.4 Å². The molecule has 1 saturated heterocycles. The Balaban J connectivity index is 1.42. The second kappa shape index (κ2) is 11.6. The number of likely N-dealkylation sites (tertiary alicyclic amines) is 1. The number of hydrogen-bond acceptors (Lipinski definition) is 7. The number of ether oxygens (including phenoxy) is 1. The van der Waals surface area contributed by atoms with Crippen molar-refractivity contribution in [2.75, 3.05) is 20.2 Å². The molecule has 184 valence electrons. The van der Waals surface area contributed by atoms with Crippen LogP contribution in [-0.2, 0) is 22.5 Å². The first kappa shape index (κ1) is 25.0. The molecule has 3 aromatic rings. The minimum atomic E-state index is -0.297. The van der Waals surface area contributed by atoms with Gasteiger partial charge in [-0.1, -0.05) is 36.4 Å². The average molecular weight is 494 g/mol. The van der Waals surface area contributed by atoms with E-state index < -0.39 is 0 Å². The quantitative estimate of drug-likeness (QED) is 0.438. The fraction of sp³-hybridized carbons (Fsp3) is 0.370. The molecule has 0 aliphatic carbocycles. The van der Waals surface area contributed by atoms with Crippen molar-refractivity contribution in [1.29, 1.82) is 0 Å². The van der Waals surface area contributed by atoms with Gasteiger partial charge in [-0.25, -0.2) is 4.98 Å². The predicted molar refractivity (Wildman–Crippen MR) is 136 cm³/mol. The minimum Gasteiger partial charge on any atom is -0.469 e. The van der Waals surface area contributed by atoms with Gasteiger partial charge in [0.1, 0.15) is 5.01 Å². The topological polar surface area (TPSA) is 91.8 Å². The van der Waals surface area contributed by atoms with Crippen molar-refractivity contribution < 1.29 is 19.4 Å². The van der Waals surface area contributed by atoms with E-state index in [0.29, 0.717) is 18.5 Å². The van der Waals surface area contributed by atoms with Gasteiger partial charge in [-0.05, 0) is 48.6 Å². The van der Waals surface area contributed by atoms with Crippen molar-refractivity contribution in [2.24, 2.45) is 0 Å². The molecule has 1 aromatic heterocycles. The molecule has 7 nitrogen and oxygen atoms in total. The van der Waals surface area contributed by atoms with E-state index in [1.807, 2.05) is 43.5 Å². The molecule has 2 aromatic carbocycles. The normalized spacial score (nSPS) is 16.7. The first-order valence-corrected chi connectivity index (χ1v) is 12.7. The lowest BCUT2D eigenvalue weighted by Crippen LogP contribution is -2.27. The summed E-state index contributed by atoms with van der Waals surface area (Å²) in [5, 5.41) is 13.9. The highest BCUT2D eigenvalue weighted by Gasteiger charge is 2.21. The van der Waals surface area contributed by atoms with Crippen molar-refractivity contribution in [3.63, 3.8) is 0 Å². The smallest absolute Gasteiger partial charge is 0.305 e. The third-order valence-electron chi connectivity index (χ3n) is 6.27. The SMILES string of the molecule is COC(=O)CCc1ccccc1C(=O)N[C@H](C)c1cccc(-c2cnc(CN3CC[C@H](O)C3)s2)c1. The van der Waals surface area contributed by atoms with Gasteiger partial charge in [-0.15, -0.1) is 11.3 Å². The van der Waals surface area contributed by atoms with Gasteiger partial charge >= 0.3 is 5.97 Å². The number of thiazole rings is 1. The van der Waals surface area contributed by atoms with Crippen LogP contribution in [0.1, 0.15) is 52.3 Å². The number of aliphatic hydroxyl groups is 1. The van der Waals surface area contributed by atoms with Crippen molar-refractivity contribution in [1.82, 2.24) is 15.2 Å². The summed E-state index contributed by atoms with van der Waals surface area (Å²) in [6.45, 7) is 4.32. The zero-order valence-corrected chi connectivity index (χ0v) is 20.9. The van der Waals surface area contributed by atoms with Gasteiger partial charge < -0.3 is 15.2 Å². The van der Waals surface area contributed by atoms with Gasteiger partial charge in [0.05, 0.1) is 30.7 Å². The molecule has 0 saturated carbocycles. The van der Waals surface area contributed by atoms with Gasteiger partial charge in [0.15, 0.2) is 0 Å². The Morgan fingerprint density at radius 1 is 1.26 bits per heavy atom. The fourth-order valence-electron chi connectivity index (χ4n) is 4.28. The molecule has 4 rings (SSSR count). The number of aliphatic hydroxyl groups excluding tert-OH is 1. The van der Waals surface area contributed by atoms with E-state index in [1.165, 1.54) is 7.11 Å². The Labute approximate surface area is 209 Å². The van der Waals surface area contributed by atoms with E-state index in [-0.39, 0.29) is 30.4 Å². The standard InChI is InChI=1S/C27H31N3O4S/c1-18(29-27(33)23-9-4-3-6-19(23)10-11-26(32)34-2)20-7-5-8-21(14-20)24-15-28-25(35-24)17-30-13-12-22(31)16-30/h3-9,14-15,18,22,31H,10-13,16-17H2,1-2H3,(H,29,33)/t18-,22+/m1/s1. The van der Waals surface area contributed by atoms with Crippen LogP contribution >= 0.6 is 11.3 Å². The lowest BCUT2D eigenvalue weighted by molar-refractivity contribution is -0.140. The lowest BCUT2D eigenvalue weighted by Gasteiger charge is -2.17. The number of aryl methyl sites for hydroxylation is 1. The minimum absolute atomic E-state index is 0.170. The number of amides is 1. The summed E-state index contributed by atoms with van der Waals surface area (Å²) >= 11 is 1.66. The Bertz CT molecular complexity index is 1180. The summed E-state index contributed by atoms with van der Waals surface area (Å²) in [5.74, 6) is -0.467. The first-order valence-electron chi connectivity index (χ1n) is 11.8. The molecule has 1 aliphatic heterocycles. The second-order valence-electron chi connectivity index (χ2n) is 8.85. The van der Waals surface area contributed by atoms with Crippen LogP contribution in [0.5, 0.6) is 0 Å². The van der Waals surface area contributed by atoms with E-state index in [0.717, 1.165) is 46.1 Å². The highest BCUT2D eigenvalue weighted by atomic mass is 32.1. The van der Waals surface area contributed by atoms with Gasteiger partial charge in [0, 0.05) is 31.3 Å². The Morgan fingerprint density at radius 3 is 2.86 bits per heavy atom. The highest BCUT2D eigenvalue weighted by Crippen LogP contribution is 2.29. The summed E-state index contributed by atoms with van der Waals surface area (Å²) in [6, 6.07) is 15.3. The summed E-state index contributed by atoms with van der Waals surface area (Å²) in [5.41, 5.74) is 3.45. The Morgan fingerprint density at radius 2 is 2.09 bits per heavy atom. The highest BCUT2D eigenvalue weighted by molar-refractivity contribution is 7.15. The number of carbonyl (C=O) groups excluding carboxylic acids is 2. The number of nitrogens with one attached hydrogen (secondary N) is 1. The third kappa shape index (κ3) is 6.54. The van der Waals surface area contributed by atoms with Gasteiger partial charge in [-0.3, -0.25) is 14.5 Å². The Kier molecular flexibility index (Phi) is 8.28. The van der Waals surface area contributed by atoms with Crippen LogP contribution in [0.25, 0.3) is 10.4 Å². The molecule has 1 aliphatic rings. The van der Waals surface area contributed by atoms with E-state index in [4.69, 9.17) is 4.74 Å². The first-order chi connectivity index (χ1) is 16.9. The van der Waals surface area contributed by atoms with Gasteiger partial charge in [0.2, 0.25) is 0 Å². The van der Waals surface area contributed by atoms with E-state index >= 15 is 0 Å². The van der Waals surface area contributed by atoms with Crippen molar-refractivity contribution in [3.8, 4) is 10.4 Å². The molecule has 0 unspecified atom stereocenters. The number of methoxy groups -OCH3 is 1. The molecular weight excluding hydrogens is 462 g/mol. The number of carbonyl (C=O) groups is 2. The predicted octanol–water partition coefficient (Wildman–Crippen LogP) is 3.97. The molecule has 1 fully saturated rings. The molecule has 35 heavy (non-hydrogen) atoms. The van der Waals surface area contributed by atoms with Crippen LogP contribution in [-0.4, -0.2) is 53.2 Å². The number of β-amino-alcohol motifs (C(OH)–C–C–N with tert-alkyl or cyclic N) is 1. The average Bonchev–Trinajstić information content (AvgIpc) is 3.51. The molecular formula is C27H31N3O4S. The lowest BCUT2D eigenvalue weighted by atomic mass is 10.0. The molecule has 8 heteroatoms. The number of aromatic nitrogens is 1. The maximum absolute atomic E-state index is 13.1. The van der Waals surface area contributed by atoms with E-state index in [9.17, 15) is 14.7 Å². The zero-order chi connectivity index (χ0) is 24.8. The largest absolute Gasteiger partial charge is 0.469 e. The van der Waals surface area contributed by atoms with Crippen LogP contribution in [0.3, 0.4) is 0 Å². The summed E-state index contributed by atoms with van der Waals surface area (Å²) in [6.07, 6.45) is 3.16. The zero-order valence-electron chi connectivity index (χ0n) is 20.1. The molecule has 0 bridgehead atoms. The maximum Gasteiger partial charge on any atom is 0.305 e. The van der Waals surface area contributed by atoms with Crippen LogP contribution in [0, 0.1) is 0 Å². The fourth-order valence-corrected chi connectivity index (χ4v) is 5.24. The molecule has 1 amide bonds. The number of nitrogens with zero attached hydrogens (tertiary/aromatic N) is 2. The van der Waals surface area contributed by atoms with Crippen LogP contribution in [0.15, 0.2) is 54.7 Å². The van der Waals surface area contributed by atoms with Crippen LogP contribution in [0.4, 0.5) is 0 Å². The number of esters is 1. The summed E-state index contributed by atoms with van der Waals surface area (Å²) in [7, 11) is 1.36. The van der Waals surface area contributed by atoms with Crippen molar-refractivity contribution >= 4 is 23.2 Å². The molecule has 2 atom stereocenters. The van der Waals surface area contributed by atoms with E-state index in [2.05, 4.69) is 27.3 Å². The van der Waals surface area contributed by atoms with Crippen molar-refractivity contribution in [2.45, 2.75) is 44.9 Å². The summed E-state index contributed by atoms with van der Waals surface area (Å²) in [4.78, 5) is 32.5. The number of rotatable bonds is 9. The number of hydrogen-bond donors (Lipinski definition) is 2. The van der Waals surface area contributed by atoms with Crippen LogP contribution in [0.2, 0.25) is 0 Å². The molecule has 2 N–H and O–H groups in total. The molecule has 0 radical (unpaired) electrons. The third-order valence-corrected chi connectivity index (χ3v) is 7.30. The summed E-state index contributed by atoms with van der Waals surface area (Å²) < 4.78 is 4.73. The monoisotopic (exact) mass is 493 g/mol.